The Balaban J connectivity index is 0.546. The number of anilines is 6. The summed E-state index contributed by atoms with van der Waals surface area (Å²) in [6.07, 6.45) is 0. The molecule has 2 unspecified atom stereocenters. The van der Waals surface area contributed by atoms with Gasteiger partial charge in [0, 0.05) is 88.0 Å². The van der Waals surface area contributed by atoms with Crippen LogP contribution in [0.1, 0.15) is 44.5 Å². The van der Waals surface area contributed by atoms with Crippen molar-refractivity contribution in [2.24, 2.45) is 0 Å². The van der Waals surface area contributed by atoms with Crippen LogP contribution >= 0.6 is 0 Å². The van der Waals surface area contributed by atoms with E-state index in [-0.39, 0.29) is 0 Å². The number of fused-ring (bicyclic) bond motifs is 30. The monoisotopic (exact) mass is 1850 g/mol. The molecule has 2 aliphatic heterocycles. The summed E-state index contributed by atoms with van der Waals surface area (Å²) in [6.45, 7) is 0. The number of nitrogens with zero attached hydrogens (tertiary/aromatic N) is 5. The molecule has 0 N–H and O–H groups in total. The number of para-hydroxylation sites is 10. The van der Waals surface area contributed by atoms with Gasteiger partial charge in [0.15, 0.2) is 0 Å². The van der Waals surface area contributed by atoms with Gasteiger partial charge in [0.2, 0.25) is 0 Å². The third-order valence-electron chi connectivity index (χ3n) is 32.3. The minimum atomic E-state index is -0.769. The van der Waals surface area contributed by atoms with Gasteiger partial charge in [-0.3, -0.25) is 0 Å². The quantitative estimate of drug-likeness (QED) is 0.109. The van der Waals surface area contributed by atoms with Gasteiger partial charge < -0.3 is 27.9 Å². The van der Waals surface area contributed by atoms with Crippen LogP contribution in [0.5, 0.6) is 0 Å². The first-order valence-electron chi connectivity index (χ1n) is 50.6. The Bertz CT molecular complexity index is 10200. The molecular weight excluding hydrogens is 1770 g/mol. The van der Waals surface area contributed by atoms with Gasteiger partial charge in [0.1, 0.15) is 11.2 Å². The summed E-state index contributed by atoms with van der Waals surface area (Å²) in [4.78, 5) is 5.11. The van der Waals surface area contributed by atoms with Crippen molar-refractivity contribution in [3.8, 4) is 117 Å². The smallest absolute Gasteiger partial charge is 0.143 e. The van der Waals surface area contributed by atoms with E-state index in [2.05, 4.69) is 551 Å². The highest BCUT2D eigenvalue weighted by atomic mass is 16.3. The molecule has 4 aromatic heterocycles. The zero-order valence-corrected chi connectivity index (χ0v) is 79.4. The van der Waals surface area contributed by atoms with Gasteiger partial charge in [-0.1, -0.05) is 419 Å². The van der Waals surface area contributed by atoms with Gasteiger partial charge in [-0.15, -0.1) is 0 Å². The number of hydrogen-bond donors (Lipinski definition) is 0. The Kier molecular flexibility index (Phi) is 17.7. The molecule has 146 heavy (non-hydrogen) atoms. The fourth-order valence-corrected chi connectivity index (χ4v) is 26.5. The molecule has 0 saturated heterocycles. The SMILES string of the molecule is c1ccc(-c2ccccc2-c2ccccc2N(c2ccc(-c3cccc4c3oc3ccc(-c5cccc6c5c5cccc7c5n6-c5ccccc5C75c6ccccc6-c6c(N(c7ccc(-c8ccc9c%10ccccc%10n(-c%10ccccc%10)c9c8)cc7)c7ccccc7-c7ccccc7-c7ccccc7)cccc65)cc34)cc2)c2cccc3c2-c2ccccc2C32c3ccccc3-n3c4ccccc4c4cccc2c43)cc1. The van der Waals surface area contributed by atoms with Gasteiger partial charge in [0.05, 0.1) is 78.1 Å². The predicted octanol–water partition coefficient (Wildman–Crippen LogP) is 36.8. The standard InChI is InChI=1S/C140H87N5O/c1-4-36-89(37-5-1)97-42-10-12-44-101(97)103-46-16-24-65-122(103)141(95-80-74-88(75-81-95)92-78-84-107-105-48-18-26-67-124(105)143(131(107)87-92)94-40-8-3-9-41-94)129-72-35-62-119-135(129)111-51-15-21-58-115(111)140(119)117-60-23-29-70-127(117)145-128-71-33-52-99(133(128)112-56-32-64-121(140)137(112)145)93-79-85-132-113(86-93)109-55-30-53-100(138(109)146-132)91-76-82-96(83-77-91)142(123-66-25-17-47-104(123)102-45-13-11-43-98(102)90-38-6-2-7-39-90)130-73-34-61-118-134(130)110-50-14-20-57-114(110)139(118)116-59-22-28-69-126(116)144-125-68-27-19-49-106(125)108-54-31-63-120(139)136(108)144/h1-87H. The maximum absolute atomic E-state index is 7.29. The molecule has 678 valence electrons. The second-order valence-corrected chi connectivity index (χ2v) is 39.4. The van der Waals surface area contributed by atoms with Crippen LogP contribution in [-0.2, 0) is 10.8 Å². The molecule has 2 atom stereocenters. The molecule has 27 aromatic rings. The highest BCUT2D eigenvalue weighted by Gasteiger charge is 2.54. The van der Waals surface area contributed by atoms with Crippen LogP contribution < -0.4 is 9.80 Å². The van der Waals surface area contributed by atoms with E-state index in [1.165, 1.54) is 143 Å². The van der Waals surface area contributed by atoms with Crippen molar-refractivity contribution < 1.29 is 4.42 Å². The summed E-state index contributed by atoms with van der Waals surface area (Å²) in [7, 11) is 0. The molecular formula is C140H87N5O. The molecule has 0 amide bonds. The molecule has 6 nitrogen and oxygen atoms in total. The maximum atomic E-state index is 7.29. The Labute approximate surface area is 843 Å². The van der Waals surface area contributed by atoms with Gasteiger partial charge in [-0.2, -0.15) is 0 Å². The Morgan fingerprint density at radius 3 is 1.14 bits per heavy atom. The average Bonchev–Trinajstić information content (AvgIpc) is 1.50. The zero-order chi connectivity index (χ0) is 95.6. The van der Waals surface area contributed by atoms with Crippen molar-refractivity contribution in [1.82, 2.24) is 13.7 Å². The molecule has 31 rings (SSSR count). The lowest BCUT2D eigenvalue weighted by Crippen LogP contribution is -2.33. The molecule has 0 fully saturated rings. The predicted molar refractivity (Wildman–Crippen MR) is 606 cm³/mol. The molecule has 0 radical (unpaired) electrons. The largest absolute Gasteiger partial charge is 0.455 e. The molecule has 4 aliphatic rings. The molecule has 0 bridgehead atoms. The van der Waals surface area contributed by atoms with E-state index in [0.717, 1.165) is 140 Å². The summed E-state index contributed by atoms with van der Waals surface area (Å²) < 4.78 is 14.8. The first-order chi connectivity index (χ1) is 72.5. The molecule has 23 aromatic carbocycles. The van der Waals surface area contributed by atoms with E-state index in [9.17, 15) is 0 Å². The van der Waals surface area contributed by atoms with Gasteiger partial charge in [0.25, 0.3) is 0 Å². The number of benzene rings is 23. The Morgan fingerprint density at radius 1 is 0.185 bits per heavy atom. The maximum Gasteiger partial charge on any atom is 0.143 e. The second-order valence-electron chi connectivity index (χ2n) is 39.4. The normalized spacial score (nSPS) is 14.4. The fourth-order valence-electron chi connectivity index (χ4n) is 26.5. The van der Waals surface area contributed by atoms with Crippen molar-refractivity contribution >= 4 is 121 Å². The van der Waals surface area contributed by atoms with Crippen LogP contribution in [0.3, 0.4) is 0 Å². The van der Waals surface area contributed by atoms with Crippen LogP contribution in [0.2, 0.25) is 0 Å². The summed E-state index contributed by atoms with van der Waals surface area (Å²) in [5, 5.41) is 9.48. The molecule has 6 heteroatoms. The van der Waals surface area contributed by atoms with Crippen LogP contribution in [-0.4, -0.2) is 13.7 Å². The first kappa shape index (κ1) is 81.7. The second kappa shape index (κ2) is 31.7. The lowest BCUT2D eigenvalue weighted by molar-refractivity contribution is 0.670. The van der Waals surface area contributed by atoms with E-state index in [4.69, 9.17) is 4.42 Å². The zero-order valence-electron chi connectivity index (χ0n) is 79.4. The Morgan fingerprint density at radius 2 is 0.555 bits per heavy atom. The summed E-state index contributed by atoms with van der Waals surface area (Å²) in [5.41, 5.74) is 48.0. The lowest BCUT2D eigenvalue weighted by Gasteiger charge is -2.39. The van der Waals surface area contributed by atoms with Crippen molar-refractivity contribution in [2.45, 2.75) is 10.8 Å². The van der Waals surface area contributed by atoms with Crippen molar-refractivity contribution in [1.29, 1.82) is 0 Å². The minimum absolute atomic E-state index is 0.668. The van der Waals surface area contributed by atoms with Gasteiger partial charge in [-0.25, -0.2) is 0 Å². The van der Waals surface area contributed by atoms with Crippen LogP contribution in [0.25, 0.3) is 205 Å². The lowest BCUT2D eigenvalue weighted by atomic mass is 9.65. The number of hydrogen-bond acceptors (Lipinski definition) is 3. The number of rotatable bonds is 14. The molecule has 6 heterocycles. The average molecular weight is 1860 g/mol. The number of furan rings is 1. The number of aromatic nitrogens is 3. The summed E-state index contributed by atoms with van der Waals surface area (Å²) in [6, 6.07) is 198. The van der Waals surface area contributed by atoms with E-state index >= 15 is 0 Å². The summed E-state index contributed by atoms with van der Waals surface area (Å²) >= 11 is 0. The van der Waals surface area contributed by atoms with Crippen LogP contribution in [0, 0.1) is 0 Å². The van der Waals surface area contributed by atoms with Crippen molar-refractivity contribution in [3.05, 3.63) is 572 Å². The first-order valence-corrected chi connectivity index (χ1v) is 50.6. The topological polar surface area (TPSA) is 34.4 Å². The van der Waals surface area contributed by atoms with E-state index in [1.807, 2.05) is 0 Å². The van der Waals surface area contributed by atoms with Gasteiger partial charge in [-0.05, 0) is 226 Å². The van der Waals surface area contributed by atoms with Crippen LogP contribution in [0.15, 0.2) is 532 Å². The van der Waals surface area contributed by atoms with Crippen molar-refractivity contribution in [2.75, 3.05) is 9.80 Å². The van der Waals surface area contributed by atoms with E-state index < -0.39 is 10.8 Å². The van der Waals surface area contributed by atoms with E-state index in [1.54, 1.807) is 0 Å². The Hall–Kier alpha value is -19.1. The fraction of sp³-hybridized carbons (Fsp3) is 0.0143. The third kappa shape index (κ3) is 11.5. The molecule has 2 aliphatic carbocycles. The van der Waals surface area contributed by atoms with E-state index in [0.29, 0.717) is 0 Å². The summed E-state index contributed by atoms with van der Waals surface area (Å²) in [5.74, 6) is 0. The molecule has 2 spiro atoms. The minimum Gasteiger partial charge on any atom is -0.455 e. The molecule has 0 saturated carbocycles. The van der Waals surface area contributed by atoms with Crippen molar-refractivity contribution in [3.63, 3.8) is 0 Å². The highest BCUT2D eigenvalue weighted by molar-refractivity contribution is 6.21. The van der Waals surface area contributed by atoms with Gasteiger partial charge >= 0.3 is 0 Å². The third-order valence-corrected chi connectivity index (χ3v) is 32.3. The highest BCUT2D eigenvalue weighted by Crippen LogP contribution is 2.67. The van der Waals surface area contributed by atoms with Crippen LogP contribution in [0.4, 0.5) is 34.1 Å².